The van der Waals surface area contributed by atoms with Gasteiger partial charge in [0.2, 0.25) is 0 Å². The van der Waals surface area contributed by atoms with E-state index in [4.69, 9.17) is 15.7 Å². The number of ether oxygens (including phenoxy) is 1. The van der Waals surface area contributed by atoms with E-state index in [0.717, 1.165) is 18.4 Å². The molecule has 6 heteroatoms. The highest BCUT2D eigenvalue weighted by atomic mass is 16.5. The minimum Gasteiger partial charge on any atom is -0.496 e. The molecule has 1 aliphatic rings. The van der Waals surface area contributed by atoms with Gasteiger partial charge in [-0.15, -0.1) is 0 Å². The Morgan fingerprint density at radius 2 is 2.24 bits per heavy atom. The highest BCUT2D eigenvalue weighted by Gasteiger charge is 2.33. The Labute approximate surface area is 124 Å². The monoisotopic (exact) mass is 291 g/mol. The van der Waals surface area contributed by atoms with Gasteiger partial charge in [-0.3, -0.25) is 4.79 Å². The van der Waals surface area contributed by atoms with Crippen LogP contribution >= 0.6 is 0 Å². The van der Waals surface area contributed by atoms with Gasteiger partial charge in [0, 0.05) is 24.6 Å². The molecular weight excluding hydrogens is 270 g/mol. The van der Waals surface area contributed by atoms with E-state index in [1.54, 1.807) is 24.1 Å². The fourth-order valence-electron chi connectivity index (χ4n) is 2.24. The van der Waals surface area contributed by atoms with Gasteiger partial charge in [0.15, 0.2) is 0 Å². The van der Waals surface area contributed by atoms with Gasteiger partial charge in [-0.2, -0.15) is 0 Å². The zero-order valence-corrected chi connectivity index (χ0v) is 12.4. The van der Waals surface area contributed by atoms with Crippen LogP contribution in [0.3, 0.4) is 0 Å². The third-order valence-corrected chi connectivity index (χ3v) is 3.64. The number of rotatable bonds is 6. The van der Waals surface area contributed by atoms with Gasteiger partial charge < -0.3 is 20.6 Å². The van der Waals surface area contributed by atoms with Crippen LogP contribution in [0.4, 0.5) is 0 Å². The molecule has 114 valence electrons. The minimum atomic E-state index is -0.0402. The lowest BCUT2D eigenvalue weighted by molar-refractivity contribution is 0.0747. The normalized spacial score (nSPS) is 14.9. The van der Waals surface area contributed by atoms with Crippen molar-refractivity contribution in [3.8, 4) is 5.75 Å². The number of carbonyl (C=O) groups is 1. The lowest BCUT2D eigenvalue weighted by atomic mass is 10.1. The molecule has 0 spiro atoms. The quantitative estimate of drug-likeness (QED) is 0.362. The van der Waals surface area contributed by atoms with E-state index in [0.29, 0.717) is 24.3 Å². The topological polar surface area (TPSA) is 88.2 Å². The fourth-order valence-corrected chi connectivity index (χ4v) is 2.24. The summed E-state index contributed by atoms with van der Waals surface area (Å²) >= 11 is 0. The van der Waals surface area contributed by atoms with E-state index in [-0.39, 0.29) is 17.8 Å². The summed E-state index contributed by atoms with van der Waals surface area (Å²) in [6.45, 7) is 2.39. The number of nitrogens with zero attached hydrogens (tertiary/aromatic N) is 2. The molecule has 1 aromatic carbocycles. The summed E-state index contributed by atoms with van der Waals surface area (Å²) in [5.74, 6) is 0.796. The molecule has 0 heterocycles. The van der Waals surface area contributed by atoms with Crippen LogP contribution in [0.5, 0.6) is 5.75 Å². The zero-order chi connectivity index (χ0) is 15.4. The Kier molecular flexibility index (Phi) is 4.67. The maximum atomic E-state index is 12.6. The highest BCUT2D eigenvalue weighted by Crippen LogP contribution is 2.29. The molecule has 1 fully saturated rings. The van der Waals surface area contributed by atoms with Gasteiger partial charge in [0.1, 0.15) is 11.6 Å². The van der Waals surface area contributed by atoms with Crippen LogP contribution in [0.15, 0.2) is 23.4 Å². The van der Waals surface area contributed by atoms with Crippen molar-refractivity contribution >= 4 is 11.7 Å². The number of amidine groups is 1. The van der Waals surface area contributed by atoms with Crippen LogP contribution in [0.1, 0.15) is 35.2 Å². The second-order valence-electron chi connectivity index (χ2n) is 5.26. The summed E-state index contributed by atoms with van der Waals surface area (Å²) in [5.41, 5.74) is 7.08. The van der Waals surface area contributed by atoms with E-state index in [1.165, 1.54) is 0 Å². The highest BCUT2D eigenvalue weighted by molar-refractivity contribution is 5.95. The van der Waals surface area contributed by atoms with Crippen molar-refractivity contribution in [3.63, 3.8) is 0 Å². The molecule has 3 N–H and O–H groups in total. The van der Waals surface area contributed by atoms with Crippen molar-refractivity contribution in [1.29, 1.82) is 0 Å². The van der Waals surface area contributed by atoms with Crippen molar-refractivity contribution in [3.05, 3.63) is 29.3 Å². The number of oxime groups is 1. The summed E-state index contributed by atoms with van der Waals surface area (Å²) in [6.07, 6.45) is 2.37. The molecule has 1 aromatic rings. The van der Waals surface area contributed by atoms with Crippen LogP contribution in [0, 0.1) is 6.92 Å². The molecule has 0 saturated heterocycles. The van der Waals surface area contributed by atoms with Crippen molar-refractivity contribution in [2.75, 3.05) is 13.7 Å². The first-order valence-corrected chi connectivity index (χ1v) is 6.98. The molecule has 0 radical (unpaired) electrons. The number of methoxy groups -OCH3 is 1. The first kappa shape index (κ1) is 15.2. The third-order valence-electron chi connectivity index (χ3n) is 3.64. The van der Waals surface area contributed by atoms with Gasteiger partial charge in [-0.25, -0.2) is 0 Å². The molecule has 0 atom stereocenters. The van der Waals surface area contributed by atoms with Crippen molar-refractivity contribution in [2.24, 2.45) is 10.9 Å². The third kappa shape index (κ3) is 3.65. The van der Waals surface area contributed by atoms with Gasteiger partial charge in [0.25, 0.3) is 5.91 Å². The Balaban J connectivity index is 2.14. The van der Waals surface area contributed by atoms with E-state index >= 15 is 0 Å². The number of carbonyl (C=O) groups excluding carboxylic acids is 1. The van der Waals surface area contributed by atoms with Gasteiger partial charge in [0.05, 0.1) is 7.11 Å². The summed E-state index contributed by atoms with van der Waals surface area (Å²) < 4.78 is 5.26. The van der Waals surface area contributed by atoms with E-state index in [9.17, 15) is 4.79 Å². The van der Waals surface area contributed by atoms with E-state index < -0.39 is 0 Å². The van der Waals surface area contributed by atoms with Crippen LogP contribution in [-0.4, -0.2) is 41.5 Å². The fraction of sp³-hybridized carbons (Fsp3) is 0.467. The average Bonchev–Trinajstić information content (AvgIpc) is 3.32. The van der Waals surface area contributed by atoms with Gasteiger partial charge in [-0.1, -0.05) is 11.2 Å². The second kappa shape index (κ2) is 6.47. The first-order valence-electron chi connectivity index (χ1n) is 6.98. The van der Waals surface area contributed by atoms with E-state index in [1.807, 2.05) is 13.0 Å². The van der Waals surface area contributed by atoms with Crippen molar-refractivity contribution in [2.45, 2.75) is 32.2 Å². The van der Waals surface area contributed by atoms with Crippen LogP contribution in [-0.2, 0) is 0 Å². The lowest BCUT2D eigenvalue weighted by Crippen LogP contribution is -2.36. The summed E-state index contributed by atoms with van der Waals surface area (Å²) in [5, 5.41) is 11.5. The molecule has 1 aliphatic carbocycles. The Bertz CT molecular complexity index is 553. The van der Waals surface area contributed by atoms with E-state index in [2.05, 4.69) is 5.16 Å². The number of benzene rings is 1. The number of hydrogen-bond donors (Lipinski definition) is 2. The van der Waals surface area contributed by atoms with Crippen molar-refractivity contribution in [1.82, 2.24) is 4.90 Å². The summed E-state index contributed by atoms with van der Waals surface area (Å²) in [4.78, 5) is 14.4. The Morgan fingerprint density at radius 3 is 2.81 bits per heavy atom. The predicted octanol–water partition coefficient (Wildman–Crippen LogP) is 1.74. The molecular formula is C15H21N3O3. The molecule has 0 bridgehead atoms. The molecule has 21 heavy (non-hydrogen) atoms. The largest absolute Gasteiger partial charge is 0.496 e. The SMILES string of the molecule is COc1cc(C(=O)N(CCC(N)=NO)C2CC2)ccc1C. The Hall–Kier alpha value is -2.24. The lowest BCUT2D eigenvalue weighted by Gasteiger charge is -2.22. The van der Waals surface area contributed by atoms with Crippen LogP contribution in [0.2, 0.25) is 0 Å². The smallest absolute Gasteiger partial charge is 0.254 e. The molecule has 6 nitrogen and oxygen atoms in total. The standard InChI is InChI=1S/C15H21N3O3/c1-10-3-4-11(9-13(10)21-2)15(19)18(12-5-6-12)8-7-14(16)17-20/h3-4,9,12,20H,5-8H2,1-2H3,(H2,16,17). The number of amides is 1. The summed E-state index contributed by atoms with van der Waals surface area (Å²) in [7, 11) is 1.59. The molecule has 0 aromatic heterocycles. The molecule has 0 unspecified atom stereocenters. The number of hydrogen-bond acceptors (Lipinski definition) is 4. The minimum absolute atomic E-state index is 0.0402. The molecule has 2 rings (SSSR count). The average molecular weight is 291 g/mol. The summed E-state index contributed by atoms with van der Waals surface area (Å²) in [6, 6.07) is 5.70. The molecule has 0 aliphatic heterocycles. The number of aryl methyl sites for hydroxylation is 1. The second-order valence-corrected chi connectivity index (χ2v) is 5.26. The van der Waals surface area contributed by atoms with Crippen LogP contribution in [0.25, 0.3) is 0 Å². The maximum absolute atomic E-state index is 12.6. The Morgan fingerprint density at radius 1 is 1.52 bits per heavy atom. The van der Waals surface area contributed by atoms with Gasteiger partial charge >= 0.3 is 0 Å². The number of nitrogens with two attached hydrogens (primary N) is 1. The molecule has 1 saturated carbocycles. The van der Waals surface area contributed by atoms with Gasteiger partial charge in [-0.05, 0) is 37.5 Å². The molecule has 1 amide bonds. The predicted molar refractivity (Wildman–Crippen MR) is 79.8 cm³/mol. The maximum Gasteiger partial charge on any atom is 0.254 e. The first-order chi connectivity index (χ1) is 10.1. The zero-order valence-electron chi connectivity index (χ0n) is 12.4. The van der Waals surface area contributed by atoms with Crippen molar-refractivity contribution < 1.29 is 14.7 Å². The van der Waals surface area contributed by atoms with Crippen LogP contribution < -0.4 is 10.5 Å².